The van der Waals surface area contributed by atoms with Crippen LogP contribution < -0.4 is 11.1 Å². The molecule has 0 amide bonds. The molecule has 80 valence electrons. The van der Waals surface area contributed by atoms with Crippen molar-refractivity contribution in [3.8, 4) is 0 Å². The van der Waals surface area contributed by atoms with Gasteiger partial charge in [0.2, 0.25) is 0 Å². The third-order valence-electron chi connectivity index (χ3n) is 2.21. The van der Waals surface area contributed by atoms with Crippen molar-refractivity contribution in [3.63, 3.8) is 0 Å². The average molecular weight is 186 g/mol. The molecule has 0 atom stereocenters. The molecule has 0 heterocycles. The molecule has 0 aliphatic carbocycles. The molecule has 3 N–H and O–H groups in total. The van der Waals surface area contributed by atoms with Gasteiger partial charge in [0.25, 0.3) is 0 Å². The van der Waals surface area contributed by atoms with Crippen LogP contribution in [-0.4, -0.2) is 19.6 Å². The fourth-order valence-electron chi connectivity index (χ4n) is 1.38. The summed E-state index contributed by atoms with van der Waals surface area (Å²) >= 11 is 0. The summed E-state index contributed by atoms with van der Waals surface area (Å²) in [7, 11) is 0. The van der Waals surface area contributed by atoms with E-state index in [2.05, 4.69) is 19.2 Å². The maximum absolute atomic E-state index is 5.36. The molecule has 13 heavy (non-hydrogen) atoms. The lowest BCUT2D eigenvalue weighted by atomic mass is 10.0. The molecule has 2 heteroatoms. The van der Waals surface area contributed by atoms with Gasteiger partial charge in [0.1, 0.15) is 0 Å². The summed E-state index contributed by atoms with van der Waals surface area (Å²) in [6, 6.07) is 0. The standard InChI is InChI=1S/C11H26N2/c1-11(2)7-5-3-4-6-9-13-10-8-12/h11,13H,3-10,12H2,1-2H3. The van der Waals surface area contributed by atoms with Crippen molar-refractivity contribution in [2.24, 2.45) is 11.7 Å². The number of unbranched alkanes of at least 4 members (excludes halogenated alkanes) is 3. The maximum atomic E-state index is 5.36. The van der Waals surface area contributed by atoms with Gasteiger partial charge in [-0.2, -0.15) is 0 Å². The number of hydrogen-bond donors (Lipinski definition) is 2. The lowest BCUT2D eigenvalue weighted by Gasteiger charge is -2.04. The van der Waals surface area contributed by atoms with Crippen LogP contribution in [0.2, 0.25) is 0 Å². The molecule has 0 rings (SSSR count). The summed E-state index contributed by atoms with van der Waals surface area (Å²) in [5.41, 5.74) is 5.36. The zero-order valence-electron chi connectivity index (χ0n) is 9.31. The monoisotopic (exact) mass is 186 g/mol. The summed E-state index contributed by atoms with van der Waals surface area (Å²) in [6.07, 6.45) is 6.84. The van der Waals surface area contributed by atoms with Gasteiger partial charge in [-0.3, -0.25) is 0 Å². The summed E-state index contributed by atoms with van der Waals surface area (Å²) in [5, 5.41) is 3.31. The largest absolute Gasteiger partial charge is 0.329 e. The third kappa shape index (κ3) is 11.9. The molecule has 0 unspecified atom stereocenters. The topological polar surface area (TPSA) is 38.0 Å². The van der Waals surface area contributed by atoms with Crippen molar-refractivity contribution in [1.82, 2.24) is 5.32 Å². The lowest BCUT2D eigenvalue weighted by Crippen LogP contribution is -2.23. The van der Waals surface area contributed by atoms with E-state index in [0.29, 0.717) is 0 Å². The quantitative estimate of drug-likeness (QED) is 0.541. The van der Waals surface area contributed by atoms with Crippen molar-refractivity contribution < 1.29 is 0 Å². The molecule has 0 saturated carbocycles. The van der Waals surface area contributed by atoms with Crippen molar-refractivity contribution in [1.29, 1.82) is 0 Å². The van der Waals surface area contributed by atoms with E-state index in [4.69, 9.17) is 5.73 Å². The van der Waals surface area contributed by atoms with E-state index in [1.54, 1.807) is 0 Å². The van der Waals surface area contributed by atoms with Crippen LogP contribution >= 0.6 is 0 Å². The van der Waals surface area contributed by atoms with Crippen LogP contribution in [0.15, 0.2) is 0 Å². The van der Waals surface area contributed by atoms with Gasteiger partial charge in [0.15, 0.2) is 0 Å². The molecule has 0 saturated heterocycles. The summed E-state index contributed by atoms with van der Waals surface area (Å²) in [4.78, 5) is 0. The van der Waals surface area contributed by atoms with Crippen LogP contribution in [0.3, 0.4) is 0 Å². The minimum absolute atomic E-state index is 0.757. The third-order valence-corrected chi connectivity index (χ3v) is 2.21. The molecular weight excluding hydrogens is 160 g/mol. The van der Waals surface area contributed by atoms with Crippen LogP contribution in [0.25, 0.3) is 0 Å². The van der Waals surface area contributed by atoms with Gasteiger partial charge in [0, 0.05) is 13.1 Å². The van der Waals surface area contributed by atoms with Crippen molar-refractivity contribution >= 4 is 0 Å². The number of rotatable bonds is 9. The molecule has 0 bridgehead atoms. The van der Waals surface area contributed by atoms with E-state index in [9.17, 15) is 0 Å². The number of hydrogen-bond acceptors (Lipinski definition) is 2. The molecule has 2 nitrogen and oxygen atoms in total. The van der Waals surface area contributed by atoms with Gasteiger partial charge < -0.3 is 11.1 Å². The first-order chi connectivity index (χ1) is 6.27. The highest BCUT2D eigenvalue weighted by Gasteiger charge is 1.93. The zero-order chi connectivity index (χ0) is 9.94. The smallest absolute Gasteiger partial charge is 0.00745 e. The van der Waals surface area contributed by atoms with Crippen LogP contribution in [-0.2, 0) is 0 Å². The lowest BCUT2D eigenvalue weighted by molar-refractivity contribution is 0.513. The van der Waals surface area contributed by atoms with Gasteiger partial charge >= 0.3 is 0 Å². The summed E-state index contributed by atoms with van der Waals surface area (Å²) in [6.45, 7) is 7.45. The predicted octanol–water partition coefficient (Wildman–Crippen LogP) is 2.14. The van der Waals surface area contributed by atoms with Crippen LogP contribution in [0.1, 0.15) is 46.0 Å². The second-order valence-electron chi connectivity index (χ2n) is 4.14. The van der Waals surface area contributed by atoms with Gasteiger partial charge in [-0.1, -0.05) is 39.5 Å². The van der Waals surface area contributed by atoms with E-state index in [-0.39, 0.29) is 0 Å². The normalized spacial score (nSPS) is 11.1. The van der Waals surface area contributed by atoms with Gasteiger partial charge in [-0.05, 0) is 18.9 Å². The minimum Gasteiger partial charge on any atom is -0.329 e. The van der Waals surface area contributed by atoms with Gasteiger partial charge in [-0.25, -0.2) is 0 Å². The SMILES string of the molecule is CC(C)CCCCCCNCCN. The van der Waals surface area contributed by atoms with Gasteiger partial charge in [-0.15, -0.1) is 0 Å². The predicted molar refractivity (Wildman–Crippen MR) is 59.8 cm³/mol. The average Bonchev–Trinajstić information content (AvgIpc) is 2.09. The minimum atomic E-state index is 0.757. The second kappa shape index (κ2) is 10.0. The molecule has 0 aromatic rings. The Morgan fingerprint density at radius 1 is 1.00 bits per heavy atom. The summed E-state index contributed by atoms with van der Waals surface area (Å²) < 4.78 is 0. The molecule has 0 spiro atoms. The van der Waals surface area contributed by atoms with E-state index in [0.717, 1.165) is 25.6 Å². The molecule has 0 radical (unpaired) electrons. The zero-order valence-corrected chi connectivity index (χ0v) is 9.31. The van der Waals surface area contributed by atoms with Crippen molar-refractivity contribution in [2.75, 3.05) is 19.6 Å². The Morgan fingerprint density at radius 2 is 1.69 bits per heavy atom. The molecule has 0 aliphatic heterocycles. The van der Waals surface area contributed by atoms with Gasteiger partial charge in [0.05, 0.1) is 0 Å². The van der Waals surface area contributed by atoms with Crippen molar-refractivity contribution in [3.05, 3.63) is 0 Å². The fraction of sp³-hybridized carbons (Fsp3) is 1.00. The molecular formula is C11H26N2. The first kappa shape index (κ1) is 12.9. The number of nitrogens with two attached hydrogens (primary N) is 1. The summed E-state index contributed by atoms with van der Waals surface area (Å²) in [5.74, 6) is 0.871. The highest BCUT2D eigenvalue weighted by Crippen LogP contribution is 2.08. The molecule has 0 aliphatic rings. The van der Waals surface area contributed by atoms with Crippen LogP contribution in [0.5, 0.6) is 0 Å². The fourth-order valence-corrected chi connectivity index (χ4v) is 1.38. The second-order valence-corrected chi connectivity index (χ2v) is 4.14. The molecule has 0 fully saturated rings. The Bertz CT molecular complexity index is 92.1. The Kier molecular flexibility index (Phi) is 9.94. The Labute approximate surface area is 83.3 Å². The van der Waals surface area contributed by atoms with E-state index >= 15 is 0 Å². The van der Waals surface area contributed by atoms with Crippen molar-refractivity contribution in [2.45, 2.75) is 46.0 Å². The molecule has 0 aromatic heterocycles. The highest BCUT2D eigenvalue weighted by molar-refractivity contribution is 4.51. The van der Waals surface area contributed by atoms with E-state index < -0.39 is 0 Å². The van der Waals surface area contributed by atoms with E-state index in [1.807, 2.05) is 0 Å². The number of nitrogens with one attached hydrogen (secondary N) is 1. The first-order valence-electron chi connectivity index (χ1n) is 5.68. The maximum Gasteiger partial charge on any atom is 0.00745 e. The van der Waals surface area contributed by atoms with E-state index in [1.165, 1.54) is 32.1 Å². The first-order valence-corrected chi connectivity index (χ1v) is 5.68. The Hall–Kier alpha value is -0.0800. The Morgan fingerprint density at radius 3 is 2.31 bits per heavy atom. The van der Waals surface area contributed by atoms with Crippen LogP contribution in [0, 0.1) is 5.92 Å². The highest BCUT2D eigenvalue weighted by atomic mass is 14.9. The molecule has 0 aromatic carbocycles. The Balaban J connectivity index is 2.84. The van der Waals surface area contributed by atoms with Crippen LogP contribution in [0.4, 0.5) is 0 Å².